The Morgan fingerprint density at radius 1 is 1.44 bits per heavy atom. The molecule has 2 fully saturated rings. The zero-order chi connectivity index (χ0) is 12.5. The lowest BCUT2D eigenvalue weighted by Gasteiger charge is -2.25. The van der Waals surface area contributed by atoms with Gasteiger partial charge in [-0.15, -0.1) is 0 Å². The van der Waals surface area contributed by atoms with E-state index in [2.05, 4.69) is 15.1 Å². The lowest BCUT2D eigenvalue weighted by molar-refractivity contribution is -0.125. The molecule has 1 saturated heterocycles. The molecule has 0 unspecified atom stereocenters. The Morgan fingerprint density at radius 3 is 2.89 bits per heavy atom. The number of hydrogen-bond donors (Lipinski definition) is 1. The van der Waals surface area contributed by atoms with E-state index in [1.807, 2.05) is 6.07 Å². The molecular weight excluding hydrogens is 248 g/mol. The van der Waals surface area contributed by atoms with Crippen molar-refractivity contribution < 1.29 is 4.79 Å². The fourth-order valence-electron chi connectivity index (χ4n) is 2.76. The van der Waals surface area contributed by atoms with Gasteiger partial charge in [0.25, 0.3) is 0 Å². The summed E-state index contributed by atoms with van der Waals surface area (Å²) in [5, 5.41) is 7.44. The van der Waals surface area contributed by atoms with Crippen molar-refractivity contribution in [3.63, 3.8) is 0 Å². The number of H-pyrrole nitrogens is 1. The van der Waals surface area contributed by atoms with Crippen LogP contribution in [0.2, 0.25) is 0 Å². The zero-order valence-corrected chi connectivity index (χ0v) is 10.9. The SMILES string of the molecule is O=C1CN(C2CCCC2)C(=S)N1Cc1ccn[nH]1. The first-order valence-corrected chi connectivity index (χ1v) is 6.76. The van der Waals surface area contributed by atoms with Crippen molar-refractivity contribution in [1.82, 2.24) is 20.0 Å². The van der Waals surface area contributed by atoms with Crippen molar-refractivity contribution in [1.29, 1.82) is 0 Å². The van der Waals surface area contributed by atoms with Crippen LogP contribution in [0.4, 0.5) is 0 Å². The van der Waals surface area contributed by atoms with Crippen LogP contribution in [0, 0.1) is 0 Å². The Kier molecular flexibility index (Phi) is 3.03. The van der Waals surface area contributed by atoms with Gasteiger partial charge in [-0.3, -0.25) is 14.8 Å². The summed E-state index contributed by atoms with van der Waals surface area (Å²) >= 11 is 5.45. The minimum absolute atomic E-state index is 0.0986. The second-order valence-electron chi connectivity index (χ2n) is 4.91. The summed E-state index contributed by atoms with van der Waals surface area (Å²) in [6, 6.07) is 2.34. The van der Waals surface area contributed by atoms with Crippen molar-refractivity contribution in [2.45, 2.75) is 38.3 Å². The zero-order valence-electron chi connectivity index (χ0n) is 10.1. The van der Waals surface area contributed by atoms with Gasteiger partial charge >= 0.3 is 0 Å². The fraction of sp³-hybridized carbons (Fsp3) is 0.583. The molecule has 2 heterocycles. The molecule has 0 atom stereocenters. The lowest BCUT2D eigenvalue weighted by atomic mass is 10.2. The maximum absolute atomic E-state index is 12.0. The maximum Gasteiger partial charge on any atom is 0.248 e. The van der Waals surface area contributed by atoms with E-state index in [9.17, 15) is 4.79 Å². The van der Waals surface area contributed by atoms with Gasteiger partial charge in [0.2, 0.25) is 5.91 Å². The summed E-state index contributed by atoms with van der Waals surface area (Å²) < 4.78 is 0. The van der Waals surface area contributed by atoms with Gasteiger partial charge in [0.05, 0.1) is 18.8 Å². The summed E-state index contributed by atoms with van der Waals surface area (Å²) in [4.78, 5) is 15.8. The van der Waals surface area contributed by atoms with Crippen LogP contribution >= 0.6 is 12.2 Å². The molecule has 1 saturated carbocycles. The van der Waals surface area contributed by atoms with Crippen LogP contribution in [0.15, 0.2) is 12.3 Å². The summed E-state index contributed by atoms with van der Waals surface area (Å²) in [5.74, 6) is 0.0986. The standard InChI is InChI=1S/C12H16N4OS/c17-11-8-15(10-3-1-2-4-10)12(18)16(11)7-9-5-6-13-14-9/h5-6,10H,1-4,7-8H2,(H,13,14). The summed E-state index contributed by atoms with van der Waals surface area (Å²) in [5.41, 5.74) is 0.916. The van der Waals surface area contributed by atoms with E-state index >= 15 is 0 Å². The first-order valence-electron chi connectivity index (χ1n) is 6.35. The molecule has 0 radical (unpaired) electrons. The first kappa shape index (κ1) is 11.6. The number of thiocarbonyl (C=S) groups is 1. The number of hydrogen-bond acceptors (Lipinski definition) is 3. The molecule has 18 heavy (non-hydrogen) atoms. The van der Waals surface area contributed by atoms with Gasteiger partial charge in [-0.2, -0.15) is 5.10 Å². The van der Waals surface area contributed by atoms with Crippen LogP contribution in [-0.4, -0.2) is 43.6 Å². The second-order valence-corrected chi connectivity index (χ2v) is 5.28. The molecule has 1 aromatic rings. The van der Waals surface area contributed by atoms with Crippen LogP contribution in [0.3, 0.4) is 0 Å². The van der Waals surface area contributed by atoms with Gasteiger partial charge in [-0.05, 0) is 31.1 Å². The number of amides is 1. The quantitative estimate of drug-likeness (QED) is 0.836. The highest BCUT2D eigenvalue weighted by atomic mass is 32.1. The highest BCUT2D eigenvalue weighted by Crippen LogP contribution is 2.27. The largest absolute Gasteiger partial charge is 0.336 e. The molecule has 1 amide bonds. The third-order valence-corrected chi connectivity index (χ3v) is 4.19. The molecule has 5 nitrogen and oxygen atoms in total. The topological polar surface area (TPSA) is 52.2 Å². The first-order chi connectivity index (χ1) is 8.75. The Hall–Kier alpha value is -1.43. The van der Waals surface area contributed by atoms with E-state index in [1.165, 1.54) is 12.8 Å². The molecule has 1 aliphatic heterocycles. The molecule has 96 valence electrons. The Bertz CT molecular complexity index is 453. The van der Waals surface area contributed by atoms with Crippen molar-refractivity contribution in [2.75, 3.05) is 6.54 Å². The molecule has 0 spiro atoms. The third kappa shape index (κ3) is 2.01. The summed E-state index contributed by atoms with van der Waals surface area (Å²) in [6.45, 7) is 0.943. The average molecular weight is 264 g/mol. The van der Waals surface area contributed by atoms with Crippen LogP contribution < -0.4 is 0 Å². The van der Waals surface area contributed by atoms with Gasteiger partial charge in [-0.1, -0.05) is 12.8 Å². The van der Waals surface area contributed by atoms with Gasteiger partial charge in [0.1, 0.15) is 0 Å². The van der Waals surface area contributed by atoms with Crippen molar-refractivity contribution in [3.05, 3.63) is 18.0 Å². The highest BCUT2D eigenvalue weighted by molar-refractivity contribution is 7.80. The molecule has 1 aromatic heterocycles. The van der Waals surface area contributed by atoms with Gasteiger partial charge in [-0.25, -0.2) is 0 Å². The maximum atomic E-state index is 12.0. The molecule has 2 aliphatic rings. The van der Waals surface area contributed by atoms with Crippen molar-refractivity contribution in [2.24, 2.45) is 0 Å². The van der Waals surface area contributed by atoms with E-state index < -0.39 is 0 Å². The number of carbonyl (C=O) groups excluding carboxylic acids is 1. The highest BCUT2D eigenvalue weighted by Gasteiger charge is 2.37. The number of rotatable bonds is 3. The predicted octanol–water partition coefficient (Wildman–Crippen LogP) is 1.28. The van der Waals surface area contributed by atoms with Crippen molar-refractivity contribution >= 4 is 23.2 Å². The number of carbonyl (C=O) groups is 1. The van der Waals surface area contributed by atoms with E-state index in [1.54, 1.807) is 11.1 Å². The van der Waals surface area contributed by atoms with Crippen LogP contribution in [0.1, 0.15) is 31.4 Å². The Morgan fingerprint density at radius 2 is 2.22 bits per heavy atom. The van der Waals surface area contributed by atoms with Gasteiger partial charge in [0, 0.05) is 12.2 Å². The molecule has 0 aromatic carbocycles. The molecule has 3 rings (SSSR count). The second kappa shape index (κ2) is 4.68. The number of aromatic amines is 1. The average Bonchev–Trinajstić information content (AvgIpc) is 3.06. The van der Waals surface area contributed by atoms with E-state index in [4.69, 9.17) is 12.2 Å². The van der Waals surface area contributed by atoms with Crippen LogP contribution in [0.25, 0.3) is 0 Å². The Labute approximate surface area is 111 Å². The van der Waals surface area contributed by atoms with E-state index in [-0.39, 0.29) is 5.91 Å². The lowest BCUT2D eigenvalue weighted by Crippen LogP contribution is -2.37. The minimum Gasteiger partial charge on any atom is -0.336 e. The molecule has 1 N–H and O–H groups in total. The monoisotopic (exact) mass is 264 g/mol. The predicted molar refractivity (Wildman–Crippen MR) is 70.7 cm³/mol. The van der Waals surface area contributed by atoms with Gasteiger partial charge in [0.15, 0.2) is 5.11 Å². The molecule has 6 heteroatoms. The number of nitrogens with zero attached hydrogens (tertiary/aromatic N) is 3. The van der Waals surface area contributed by atoms with E-state index in [0.29, 0.717) is 24.2 Å². The number of aromatic nitrogens is 2. The molecule has 0 bridgehead atoms. The van der Waals surface area contributed by atoms with E-state index in [0.717, 1.165) is 18.5 Å². The fourth-order valence-corrected chi connectivity index (χ4v) is 3.14. The summed E-state index contributed by atoms with van der Waals surface area (Å²) in [6.07, 6.45) is 6.50. The van der Waals surface area contributed by atoms with Crippen LogP contribution in [0.5, 0.6) is 0 Å². The normalized spacial score (nSPS) is 21.3. The summed E-state index contributed by atoms with van der Waals surface area (Å²) in [7, 11) is 0. The molecular formula is C12H16N4OS. The Balaban J connectivity index is 1.72. The molecule has 1 aliphatic carbocycles. The minimum atomic E-state index is 0.0986. The third-order valence-electron chi connectivity index (χ3n) is 3.74. The van der Waals surface area contributed by atoms with Gasteiger partial charge < -0.3 is 4.90 Å². The number of nitrogens with one attached hydrogen (secondary N) is 1. The smallest absolute Gasteiger partial charge is 0.248 e. The van der Waals surface area contributed by atoms with Crippen molar-refractivity contribution in [3.8, 4) is 0 Å². The van der Waals surface area contributed by atoms with Crippen LogP contribution in [-0.2, 0) is 11.3 Å².